The molecule has 1 aromatic carbocycles. The van der Waals surface area contributed by atoms with Gasteiger partial charge in [-0.1, -0.05) is 6.92 Å². The van der Waals surface area contributed by atoms with Crippen LogP contribution in [0.25, 0.3) is 0 Å². The highest BCUT2D eigenvalue weighted by molar-refractivity contribution is 7.90. The van der Waals surface area contributed by atoms with E-state index in [2.05, 4.69) is 5.32 Å². The van der Waals surface area contributed by atoms with Gasteiger partial charge in [-0.15, -0.1) is 0 Å². The Morgan fingerprint density at radius 2 is 1.81 bits per heavy atom. The monoisotopic (exact) mass is 313 g/mol. The fraction of sp³-hybridized carbons (Fsp3) is 0.429. The SMILES string of the molecule is CCCOC(=O)c1ccc(NC(=O)CCS(C)(=O)=O)cc1. The fourth-order valence-electron chi connectivity index (χ4n) is 1.47. The Hall–Kier alpha value is -1.89. The molecule has 0 unspecified atom stereocenters. The van der Waals surface area contributed by atoms with Crippen molar-refractivity contribution in [2.75, 3.05) is 23.9 Å². The van der Waals surface area contributed by atoms with Crippen molar-refractivity contribution in [1.82, 2.24) is 0 Å². The van der Waals surface area contributed by atoms with Gasteiger partial charge in [-0.3, -0.25) is 4.79 Å². The number of sulfone groups is 1. The van der Waals surface area contributed by atoms with Crippen molar-refractivity contribution in [3.8, 4) is 0 Å². The molecule has 6 nitrogen and oxygen atoms in total. The first-order valence-electron chi connectivity index (χ1n) is 6.56. The highest BCUT2D eigenvalue weighted by Gasteiger charge is 2.09. The van der Waals surface area contributed by atoms with E-state index < -0.39 is 15.8 Å². The number of benzene rings is 1. The highest BCUT2D eigenvalue weighted by Crippen LogP contribution is 2.11. The van der Waals surface area contributed by atoms with Crippen LogP contribution in [0.5, 0.6) is 0 Å². The molecule has 0 bridgehead atoms. The van der Waals surface area contributed by atoms with Gasteiger partial charge in [0.25, 0.3) is 0 Å². The second-order valence-electron chi connectivity index (χ2n) is 4.64. The topological polar surface area (TPSA) is 89.5 Å². The van der Waals surface area contributed by atoms with Gasteiger partial charge in [0.15, 0.2) is 0 Å². The van der Waals surface area contributed by atoms with Crippen LogP contribution in [0.4, 0.5) is 5.69 Å². The maximum atomic E-state index is 11.6. The van der Waals surface area contributed by atoms with Gasteiger partial charge in [-0.05, 0) is 30.7 Å². The van der Waals surface area contributed by atoms with Crippen molar-refractivity contribution < 1.29 is 22.7 Å². The molecule has 1 N–H and O–H groups in total. The van der Waals surface area contributed by atoms with Gasteiger partial charge in [0.1, 0.15) is 9.84 Å². The van der Waals surface area contributed by atoms with Crippen LogP contribution in [-0.2, 0) is 19.4 Å². The Labute approximate surface area is 124 Å². The highest BCUT2D eigenvalue weighted by atomic mass is 32.2. The number of rotatable bonds is 7. The minimum absolute atomic E-state index is 0.0981. The molecule has 0 aliphatic heterocycles. The van der Waals surface area contributed by atoms with Gasteiger partial charge in [-0.25, -0.2) is 13.2 Å². The lowest BCUT2D eigenvalue weighted by Crippen LogP contribution is -2.16. The third kappa shape index (κ3) is 6.89. The average molecular weight is 313 g/mol. The summed E-state index contributed by atoms with van der Waals surface area (Å²) in [7, 11) is -3.16. The van der Waals surface area contributed by atoms with Crippen LogP contribution in [0.15, 0.2) is 24.3 Å². The number of carbonyl (C=O) groups excluding carboxylic acids is 2. The molecule has 0 heterocycles. The minimum atomic E-state index is -3.16. The summed E-state index contributed by atoms with van der Waals surface area (Å²) in [6, 6.07) is 6.23. The van der Waals surface area contributed by atoms with E-state index in [4.69, 9.17) is 4.74 Å². The molecule has 0 fully saturated rings. The number of amides is 1. The van der Waals surface area contributed by atoms with E-state index in [-0.39, 0.29) is 18.1 Å². The summed E-state index contributed by atoms with van der Waals surface area (Å²) in [6.45, 7) is 2.27. The van der Waals surface area contributed by atoms with Gasteiger partial charge in [0.05, 0.1) is 17.9 Å². The normalized spacial score (nSPS) is 11.0. The zero-order chi connectivity index (χ0) is 15.9. The van der Waals surface area contributed by atoms with Gasteiger partial charge in [0.2, 0.25) is 5.91 Å². The molecule has 0 aliphatic rings. The van der Waals surface area contributed by atoms with E-state index in [1.807, 2.05) is 6.92 Å². The number of nitrogens with one attached hydrogen (secondary N) is 1. The van der Waals surface area contributed by atoms with Gasteiger partial charge >= 0.3 is 5.97 Å². The molecule has 0 aromatic heterocycles. The molecule has 0 aliphatic carbocycles. The van der Waals surface area contributed by atoms with Crippen LogP contribution in [0.2, 0.25) is 0 Å². The summed E-state index contributed by atoms with van der Waals surface area (Å²) < 4.78 is 26.9. The first-order chi connectivity index (χ1) is 9.81. The molecule has 1 rings (SSSR count). The number of ether oxygens (including phenoxy) is 1. The van der Waals surface area contributed by atoms with Gasteiger partial charge in [-0.2, -0.15) is 0 Å². The number of carbonyl (C=O) groups is 2. The van der Waals surface area contributed by atoms with Crippen LogP contribution in [0.3, 0.4) is 0 Å². The Morgan fingerprint density at radius 1 is 1.19 bits per heavy atom. The Morgan fingerprint density at radius 3 is 2.33 bits per heavy atom. The van der Waals surface area contributed by atoms with Crippen molar-refractivity contribution in [1.29, 1.82) is 0 Å². The quantitative estimate of drug-likeness (QED) is 0.773. The molecule has 1 aromatic rings. The maximum absolute atomic E-state index is 11.6. The second kappa shape index (κ2) is 7.78. The van der Waals surface area contributed by atoms with Crippen molar-refractivity contribution in [3.05, 3.63) is 29.8 Å². The number of esters is 1. The first kappa shape index (κ1) is 17.2. The zero-order valence-electron chi connectivity index (χ0n) is 12.1. The molecule has 1 amide bonds. The lowest BCUT2D eigenvalue weighted by atomic mass is 10.2. The van der Waals surface area contributed by atoms with Gasteiger partial charge in [0, 0.05) is 18.4 Å². The van der Waals surface area contributed by atoms with E-state index in [1.165, 1.54) is 0 Å². The Kier molecular flexibility index (Phi) is 6.36. The van der Waals surface area contributed by atoms with Crippen molar-refractivity contribution in [2.45, 2.75) is 19.8 Å². The summed E-state index contributed by atoms with van der Waals surface area (Å²) in [6.07, 6.45) is 1.73. The lowest BCUT2D eigenvalue weighted by molar-refractivity contribution is -0.115. The number of hydrogen-bond donors (Lipinski definition) is 1. The molecule has 0 saturated carbocycles. The van der Waals surface area contributed by atoms with Crippen molar-refractivity contribution in [3.63, 3.8) is 0 Å². The van der Waals surface area contributed by atoms with Crippen LogP contribution in [0.1, 0.15) is 30.1 Å². The van der Waals surface area contributed by atoms with Crippen LogP contribution < -0.4 is 5.32 Å². The maximum Gasteiger partial charge on any atom is 0.338 e. The number of anilines is 1. The summed E-state index contributed by atoms with van der Waals surface area (Å²) in [5.74, 6) is -0.992. The largest absolute Gasteiger partial charge is 0.462 e. The third-order valence-electron chi connectivity index (χ3n) is 2.54. The van der Waals surface area contributed by atoms with Crippen LogP contribution in [0, 0.1) is 0 Å². The standard InChI is InChI=1S/C14H19NO5S/c1-3-9-20-14(17)11-4-6-12(7-5-11)15-13(16)8-10-21(2,18)19/h4-7H,3,8-10H2,1-2H3,(H,15,16). The lowest BCUT2D eigenvalue weighted by Gasteiger charge is -2.06. The molecular formula is C14H19NO5S. The average Bonchev–Trinajstić information content (AvgIpc) is 2.42. The van der Waals surface area contributed by atoms with Crippen molar-refractivity contribution >= 4 is 27.4 Å². The molecule has 0 radical (unpaired) electrons. The van der Waals surface area contributed by atoms with E-state index in [1.54, 1.807) is 24.3 Å². The molecule has 7 heteroatoms. The van der Waals surface area contributed by atoms with E-state index in [0.717, 1.165) is 12.7 Å². The fourth-order valence-corrected chi connectivity index (χ4v) is 2.03. The molecule has 0 saturated heterocycles. The van der Waals surface area contributed by atoms with E-state index in [9.17, 15) is 18.0 Å². The van der Waals surface area contributed by atoms with Crippen molar-refractivity contribution in [2.24, 2.45) is 0 Å². The molecule has 0 spiro atoms. The predicted molar refractivity (Wildman–Crippen MR) is 80.0 cm³/mol. The zero-order valence-corrected chi connectivity index (χ0v) is 12.9. The summed E-state index contributed by atoms with van der Waals surface area (Å²) >= 11 is 0. The molecule has 0 atom stereocenters. The smallest absolute Gasteiger partial charge is 0.338 e. The molecule has 21 heavy (non-hydrogen) atoms. The van der Waals surface area contributed by atoms with Gasteiger partial charge < -0.3 is 10.1 Å². The molecule has 116 valence electrons. The van der Waals surface area contributed by atoms with E-state index in [0.29, 0.717) is 17.9 Å². The summed E-state index contributed by atoms with van der Waals surface area (Å²) in [5.41, 5.74) is 0.901. The third-order valence-corrected chi connectivity index (χ3v) is 3.49. The second-order valence-corrected chi connectivity index (χ2v) is 6.90. The predicted octanol–water partition coefficient (Wildman–Crippen LogP) is 1.63. The summed E-state index contributed by atoms with van der Waals surface area (Å²) in [5, 5.41) is 2.57. The first-order valence-corrected chi connectivity index (χ1v) is 8.62. The Balaban J connectivity index is 2.54. The van der Waals surface area contributed by atoms with Crippen LogP contribution in [-0.4, -0.2) is 38.9 Å². The Bertz CT molecular complexity index is 592. The number of hydrogen-bond acceptors (Lipinski definition) is 5. The minimum Gasteiger partial charge on any atom is -0.462 e. The van der Waals surface area contributed by atoms with E-state index >= 15 is 0 Å². The molecular weight excluding hydrogens is 294 g/mol. The summed E-state index contributed by atoms with van der Waals surface area (Å²) in [4.78, 5) is 23.1. The van der Waals surface area contributed by atoms with Crippen LogP contribution >= 0.6 is 0 Å².